The van der Waals surface area contributed by atoms with Gasteiger partial charge in [-0.3, -0.25) is 0 Å². The first-order valence-corrected chi connectivity index (χ1v) is 12.5. The quantitative estimate of drug-likeness (QED) is 0.295. The van der Waals surface area contributed by atoms with Crippen molar-refractivity contribution in [2.75, 3.05) is 32.1 Å². The molecular formula is C28H28N2O4S. The molecule has 7 heteroatoms. The highest BCUT2D eigenvalue weighted by Crippen LogP contribution is 2.14. The van der Waals surface area contributed by atoms with Gasteiger partial charge in [0.25, 0.3) is 0 Å². The molecule has 0 unspecified atom stereocenters. The molecule has 0 saturated carbocycles. The number of benzene rings is 3. The summed E-state index contributed by atoms with van der Waals surface area (Å²) >= 11 is 0. The van der Waals surface area contributed by atoms with Crippen LogP contribution in [0.2, 0.25) is 0 Å². The van der Waals surface area contributed by atoms with Gasteiger partial charge in [0.05, 0.1) is 12.0 Å². The monoisotopic (exact) mass is 488 g/mol. The number of methoxy groups -OCH3 is 1. The molecule has 0 saturated heterocycles. The molecule has 0 aromatic heterocycles. The highest BCUT2D eigenvalue weighted by molar-refractivity contribution is 7.89. The van der Waals surface area contributed by atoms with E-state index in [1.54, 1.807) is 30.3 Å². The summed E-state index contributed by atoms with van der Waals surface area (Å²) in [5, 5.41) is 0. The number of esters is 1. The maximum atomic E-state index is 12.4. The lowest BCUT2D eigenvalue weighted by Gasteiger charge is -2.19. The van der Waals surface area contributed by atoms with E-state index in [2.05, 4.69) is 21.3 Å². The predicted molar refractivity (Wildman–Crippen MR) is 140 cm³/mol. The van der Waals surface area contributed by atoms with E-state index >= 15 is 0 Å². The fourth-order valence-electron chi connectivity index (χ4n) is 3.13. The number of carbonyl (C=O) groups is 1. The molecule has 35 heavy (non-hydrogen) atoms. The van der Waals surface area contributed by atoms with Gasteiger partial charge in [-0.2, -0.15) is 0 Å². The Balaban J connectivity index is 1.53. The number of nitrogens with zero attached hydrogens (tertiary/aromatic N) is 1. The Morgan fingerprint density at radius 2 is 1.51 bits per heavy atom. The molecule has 3 aromatic rings. The van der Waals surface area contributed by atoms with Crippen molar-refractivity contribution in [1.82, 2.24) is 4.72 Å². The zero-order valence-electron chi connectivity index (χ0n) is 20.0. The average Bonchev–Trinajstić information content (AvgIpc) is 2.87. The number of ether oxygens (including phenoxy) is 1. The van der Waals surface area contributed by atoms with Crippen LogP contribution >= 0.6 is 0 Å². The molecule has 0 amide bonds. The summed E-state index contributed by atoms with van der Waals surface area (Å²) < 4.78 is 32.1. The summed E-state index contributed by atoms with van der Waals surface area (Å²) in [6.45, 7) is 2.73. The normalized spacial score (nSPS) is 11.1. The van der Waals surface area contributed by atoms with Crippen molar-refractivity contribution in [1.29, 1.82) is 0 Å². The lowest BCUT2D eigenvalue weighted by atomic mass is 10.1. The van der Waals surface area contributed by atoms with E-state index in [9.17, 15) is 13.2 Å². The molecule has 6 nitrogen and oxygen atoms in total. The van der Waals surface area contributed by atoms with Gasteiger partial charge in [0.15, 0.2) is 0 Å². The number of carbonyl (C=O) groups excluding carboxylic acids is 1. The van der Waals surface area contributed by atoms with Crippen molar-refractivity contribution in [2.24, 2.45) is 0 Å². The first kappa shape index (κ1) is 25.8. The van der Waals surface area contributed by atoms with Crippen LogP contribution in [0.4, 0.5) is 5.69 Å². The topological polar surface area (TPSA) is 75.7 Å². The molecule has 0 aliphatic carbocycles. The smallest absolute Gasteiger partial charge is 0.330 e. The van der Waals surface area contributed by atoms with Crippen molar-refractivity contribution in [3.63, 3.8) is 0 Å². The highest BCUT2D eigenvalue weighted by atomic mass is 32.2. The minimum atomic E-state index is -3.53. The van der Waals surface area contributed by atoms with E-state index in [0.29, 0.717) is 13.1 Å². The molecule has 1 N–H and O–H groups in total. The molecule has 0 heterocycles. The first-order chi connectivity index (χ1) is 16.8. The molecule has 0 spiro atoms. The van der Waals surface area contributed by atoms with Gasteiger partial charge in [0, 0.05) is 43.0 Å². The number of sulfonamides is 1. The molecule has 0 bridgehead atoms. The lowest BCUT2D eigenvalue weighted by Crippen LogP contribution is -2.33. The predicted octanol–water partition coefficient (Wildman–Crippen LogP) is 4.00. The summed E-state index contributed by atoms with van der Waals surface area (Å²) in [6, 6.07) is 22.1. The van der Waals surface area contributed by atoms with Crippen LogP contribution in [0.1, 0.15) is 22.3 Å². The Kier molecular flexibility index (Phi) is 8.85. The maximum Gasteiger partial charge on any atom is 0.330 e. The molecule has 3 aromatic carbocycles. The Bertz CT molecular complexity index is 1330. The van der Waals surface area contributed by atoms with Crippen molar-refractivity contribution >= 4 is 27.8 Å². The van der Waals surface area contributed by atoms with Crippen LogP contribution in [0.25, 0.3) is 6.08 Å². The Labute approximate surface area is 207 Å². The van der Waals surface area contributed by atoms with Crippen LogP contribution in [0.3, 0.4) is 0 Å². The fraction of sp³-hybridized carbons (Fsp3) is 0.179. The second-order valence-electron chi connectivity index (χ2n) is 7.91. The summed E-state index contributed by atoms with van der Waals surface area (Å²) in [5.74, 6) is 5.87. The largest absolute Gasteiger partial charge is 0.466 e. The summed E-state index contributed by atoms with van der Waals surface area (Å²) in [7, 11) is -0.271. The van der Waals surface area contributed by atoms with Gasteiger partial charge >= 0.3 is 5.97 Å². The number of aryl methyl sites for hydroxylation is 1. The second-order valence-corrected chi connectivity index (χ2v) is 9.67. The van der Waals surface area contributed by atoms with E-state index in [1.165, 1.54) is 13.2 Å². The SMILES string of the molecule is COC(=O)/C=C/c1ccc(C#Cc2ccc(N(C)CCNS(=O)(=O)c3ccc(C)cc3)cc2)cc1. The van der Waals surface area contributed by atoms with E-state index in [0.717, 1.165) is 27.9 Å². The van der Waals surface area contributed by atoms with Crippen molar-refractivity contribution in [3.8, 4) is 11.8 Å². The van der Waals surface area contributed by atoms with Gasteiger partial charge in [-0.15, -0.1) is 0 Å². The van der Waals surface area contributed by atoms with Crippen LogP contribution in [-0.4, -0.2) is 41.6 Å². The van der Waals surface area contributed by atoms with Crippen LogP contribution < -0.4 is 9.62 Å². The van der Waals surface area contributed by atoms with Crippen molar-refractivity contribution in [3.05, 3.63) is 101 Å². The van der Waals surface area contributed by atoms with Gasteiger partial charge in [-0.25, -0.2) is 17.9 Å². The van der Waals surface area contributed by atoms with Crippen LogP contribution in [0.5, 0.6) is 0 Å². The molecule has 0 aliphatic heterocycles. The van der Waals surface area contributed by atoms with Gasteiger partial charge in [0.1, 0.15) is 0 Å². The summed E-state index contributed by atoms with van der Waals surface area (Å²) in [6.07, 6.45) is 3.06. The standard InChI is InChI=1S/C28H28N2O4S/c1-22-4-17-27(18-5-22)35(32,33)29-20-21-30(2)26-15-12-25(13-16-26)11-8-23-6-9-24(10-7-23)14-19-28(31)34-3/h4-7,9-10,12-19,29H,20-21H2,1-3H3/b19-14+. The Morgan fingerprint density at radius 1 is 0.943 bits per heavy atom. The zero-order chi connectivity index (χ0) is 25.3. The fourth-order valence-corrected chi connectivity index (χ4v) is 4.15. The molecule has 0 fully saturated rings. The molecule has 180 valence electrons. The third kappa shape index (κ3) is 7.85. The van der Waals surface area contributed by atoms with Crippen molar-refractivity contribution in [2.45, 2.75) is 11.8 Å². The van der Waals surface area contributed by atoms with Gasteiger partial charge in [-0.05, 0) is 67.1 Å². The molecule has 3 rings (SSSR count). The second kappa shape index (κ2) is 12.0. The summed E-state index contributed by atoms with van der Waals surface area (Å²) in [5.41, 5.74) is 4.60. The molecule has 0 aliphatic rings. The molecule has 0 atom stereocenters. The highest BCUT2D eigenvalue weighted by Gasteiger charge is 2.13. The summed E-state index contributed by atoms with van der Waals surface area (Å²) in [4.78, 5) is 13.4. The van der Waals surface area contributed by atoms with E-state index in [4.69, 9.17) is 0 Å². The molecular weight excluding hydrogens is 460 g/mol. The third-order valence-corrected chi connectivity index (χ3v) is 6.73. The van der Waals surface area contributed by atoms with E-state index in [1.807, 2.05) is 67.4 Å². The number of likely N-dealkylation sites (N-methyl/N-ethyl adjacent to an activating group) is 1. The number of nitrogens with one attached hydrogen (secondary N) is 1. The first-order valence-electron chi connectivity index (χ1n) is 11.0. The average molecular weight is 489 g/mol. The number of rotatable bonds is 8. The van der Waals surface area contributed by atoms with E-state index in [-0.39, 0.29) is 4.90 Å². The molecule has 0 radical (unpaired) electrons. The number of anilines is 1. The number of hydrogen-bond acceptors (Lipinski definition) is 5. The van der Waals surface area contributed by atoms with Crippen LogP contribution in [0.15, 0.2) is 83.8 Å². The maximum absolute atomic E-state index is 12.4. The Morgan fingerprint density at radius 3 is 2.09 bits per heavy atom. The minimum Gasteiger partial charge on any atom is -0.466 e. The zero-order valence-corrected chi connectivity index (χ0v) is 20.8. The van der Waals surface area contributed by atoms with Gasteiger partial charge in [0.2, 0.25) is 10.0 Å². The van der Waals surface area contributed by atoms with Crippen LogP contribution in [0, 0.1) is 18.8 Å². The lowest BCUT2D eigenvalue weighted by molar-refractivity contribution is -0.134. The van der Waals surface area contributed by atoms with Crippen LogP contribution in [-0.2, 0) is 19.6 Å². The third-order valence-electron chi connectivity index (χ3n) is 5.25. The minimum absolute atomic E-state index is 0.265. The Hall–Kier alpha value is -3.86. The van der Waals surface area contributed by atoms with E-state index < -0.39 is 16.0 Å². The number of hydrogen-bond donors (Lipinski definition) is 1. The van der Waals surface area contributed by atoms with Crippen molar-refractivity contribution < 1.29 is 17.9 Å². The van der Waals surface area contributed by atoms with Gasteiger partial charge < -0.3 is 9.64 Å². The van der Waals surface area contributed by atoms with Gasteiger partial charge in [-0.1, -0.05) is 41.7 Å².